The van der Waals surface area contributed by atoms with Gasteiger partial charge in [-0.15, -0.1) is 0 Å². The van der Waals surface area contributed by atoms with Crippen molar-refractivity contribution in [3.8, 4) is 44.5 Å². The molecule has 59 heavy (non-hydrogen) atoms. The normalized spacial score (nSPS) is 12.5. The molecule has 2 aliphatic heterocycles. The summed E-state index contributed by atoms with van der Waals surface area (Å²) in [6, 6.07) is 47.1. The summed E-state index contributed by atoms with van der Waals surface area (Å²) in [7, 11) is 0. The molecular weight excluding hydrogens is 735 g/mol. The van der Waals surface area contributed by atoms with Crippen molar-refractivity contribution in [2.24, 2.45) is 0 Å². The van der Waals surface area contributed by atoms with E-state index >= 15 is 0 Å². The minimum Gasteiger partial charge on any atom is -0.460 e. The quantitative estimate of drug-likeness (QED) is 0.0943. The fraction of sp³-hybridized carbons (Fsp3) is 0.100. The van der Waals surface area contributed by atoms with Crippen LogP contribution in [0.5, 0.6) is 0 Å². The molecule has 0 fully saturated rings. The van der Waals surface area contributed by atoms with Gasteiger partial charge in [0.25, 0.3) is 0 Å². The number of aromatic amines is 2. The molecule has 5 heterocycles. The van der Waals surface area contributed by atoms with Gasteiger partial charge in [-0.05, 0) is 79.4 Å². The number of H-pyrrole nitrogens is 2. The molecule has 9 rings (SSSR count). The summed E-state index contributed by atoms with van der Waals surface area (Å²) < 4.78 is 5.82. The number of carbonyl (C=O) groups is 1. The van der Waals surface area contributed by atoms with Crippen LogP contribution < -0.4 is 0 Å². The van der Waals surface area contributed by atoms with Crippen LogP contribution in [0.2, 0.25) is 0 Å². The molecule has 288 valence electrons. The summed E-state index contributed by atoms with van der Waals surface area (Å²) in [6.45, 7) is 5.33. The van der Waals surface area contributed by atoms with Crippen LogP contribution in [0, 0.1) is 10.1 Å². The molecule has 0 radical (unpaired) electrons. The fourth-order valence-corrected chi connectivity index (χ4v) is 7.91. The third kappa shape index (κ3) is 7.14. The van der Waals surface area contributed by atoms with E-state index in [1.165, 1.54) is 0 Å². The Bertz CT molecular complexity index is 3000. The number of carbonyl (C=O) groups excluding carboxylic acids is 1. The second-order valence-electron chi connectivity index (χ2n) is 15.4. The molecule has 9 nitrogen and oxygen atoms in total. The summed E-state index contributed by atoms with van der Waals surface area (Å²) in [5.41, 5.74) is 10.0. The molecule has 0 unspecified atom stereocenters. The molecular formula is C50H39N5O4. The van der Waals surface area contributed by atoms with Crippen molar-refractivity contribution in [1.82, 2.24) is 19.9 Å². The van der Waals surface area contributed by atoms with Gasteiger partial charge in [0.2, 0.25) is 0 Å². The third-order valence-corrected chi connectivity index (χ3v) is 10.3. The van der Waals surface area contributed by atoms with E-state index in [1.54, 1.807) is 20.8 Å². The number of nitro groups is 1. The van der Waals surface area contributed by atoms with Crippen molar-refractivity contribution in [1.29, 1.82) is 0 Å². The minimum absolute atomic E-state index is 0.127. The Kier molecular flexibility index (Phi) is 9.41. The highest BCUT2D eigenvalue weighted by atomic mass is 16.6. The fourth-order valence-electron chi connectivity index (χ4n) is 7.91. The number of aromatic nitrogens is 4. The number of esters is 1. The van der Waals surface area contributed by atoms with E-state index in [0.717, 1.165) is 50.2 Å². The lowest BCUT2D eigenvalue weighted by Gasteiger charge is -2.19. The van der Waals surface area contributed by atoms with Crippen molar-refractivity contribution in [3.05, 3.63) is 178 Å². The summed E-state index contributed by atoms with van der Waals surface area (Å²) in [4.78, 5) is 44.9. The molecule has 0 saturated carbocycles. The van der Waals surface area contributed by atoms with Gasteiger partial charge in [-0.2, -0.15) is 0 Å². The van der Waals surface area contributed by atoms with E-state index in [0.29, 0.717) is 33.4 Å². The Morgan fingerprint density at radius 2 is 0.932 bits per heavy atom. The summed E-state index contributed by atoms with van der Waals surface area (Å²) in [6.07, 6.45) is 3.69. The molecule has 7 aromatic rings. The molecule has 0 spiro atoms. The van der Waals surface area contributed by atoms with Gasteiger partial charge >= 0.3 is 11.7 Å². The van der Waals surface area contributed by atoms with Crippen LogP contribution in [0.1, 0.15) is 50.0 Å². The smallest absolute Gasteiger partial charge is 0.311 e. The number of hydrogen-bond acceptors (Lipinski definition) is 6. The summed E-state index contributed by atoms with van der Waals surface area (Å²) in [5.74, 6) is -0.602. The SMILES string of the molecule is CC(C)(C)OC(=O)CC1=C([N+](=O)[O-])c2nc1c(-c1ccccc1)c1ccc([nH]1)c(-c1ccccc1)c1nc(c(-c3ccccc3)c3ccc([nH]3)c2-c2ccccc2)C=C1. The van der Waals surface area contributed by atoms with E-state index in [9.17, 15) is 14.9 Å². The summed E-state index contributed by atoms with van der Waals surface area (Å²) >= 11 is 0. The molecule has 8 bridgehead atoms. The number of rotatable bonds is 7. The van der Waals surface area contributed by atoms with Crippen LogP contribution in [0.4, 0.5) is 0 Å². The lowest BCUT2D eigenvalue weighted by Crippen LogP contribution is -2.24. The average Bonchev–Trinajstić information content (AvgIpc) is 4.06. The molecule has 2 aliphatic rings. The standard InChI is InChI=1S/C50H39N5O4/c1-50(2,3)59-42(56)30-35-47-45(33-20-12-6-13-21-33)40-28-26-38(52-40)43(31-16-8-4-9-17-31)36-24-25-37(51-36)44(32-18-10-5-11-19-32)39-27-29-41(53-39)46(34-22-14-7-15-23-34)48(54-47)49(35)55(57)58/h4-29,52-53H,30H2,1-3H3. The van der Waals surface area contributed by atoms with E-state index in [-0.39, 0.29) is 23.4 Å². The Labute approximate surface area is 340 Å². The van der Waals surface area contributed by atoms with Crippen LogP contribution >= 0.6 is 0 Å². The first-order chi connectivity index (χ1) is 28.6. The van der Waals surface area contributed by atoms with Crippen molar-refractivity contribution < 1.29 is 14.5 Å². The van der Waals surface area contributed by atoms with Crippen LogP contribution in [-0.2, 0) is 9.53 Å². The lowest BCUT2D eigenvalue weighted by atomic mass is 9.96. The maximum atomic E-state index is 13.8. The van der Waals surface area contributed by atoms with Crippen LogP contribution in [-0.4, -0.2) is 36.4 Å². The van der Waals surface area contributed by atoms with Crippen molar-refractivity contribution in [3.63, 3.8) is 0 Å². The van der Waals surface area contributed by atoms with Crippen LogP contribution in [0.25, 0.3) is 90.0 Å². The van der Waals surface area contributed by atoms with Gasteiger partial charge in [-0.3, -0.25) is 14.9 Å². The number of nitrogens with zero attached hydrogens (tertiary/aromatic N) is 3. The number of ether oxygens (including phenoxy) is 1. The highest BCUT2D eigenvalue weighted by Gasteiger charge is 2.37. The van der Waals surface area contributed by atoms with Gasteiger partial charge < -0.3 is 14.7 Å². The zero-order valence-corrected chi connectivity index (χ0v) is 32.7. The van der Waals surface area contributed by atoms with Crippen molar-refractivity contribution in [2.45, 2.75) is 32.8 Å². The molecule has 0 aliphatic carbocycles. The van der Waals surface area contributed by atoms with Gasteiger partial charge in [0.1, 0.15) is 5.60 Å². The van der Waals surface area contributed by atoms with Crippen LogP contribution in [0.15, 0.2) is 146 Å². The predicted molar refractivity (Wildman–Crippen MR) is 236 cm³/mol. The Hall–Kier alpha value is -7.65. The average molecular weight is 774 g/mol. The first-order valence-corrected chi connectivity index (χ1v) is 19.4. The second-order valence-corrected chi connectivity index (χ2v) is 15.4. The maximum Gasteiger partial charge on any atom is 0.311 e. The number of benzene rings is 4. The Balaban J connectivity index is 1.52. The minimum atomic E-state index is -0.825. The van der Waals surface area contributed by atoms with Gasteiger partial charge in [-0.25, -0.2) is 9.97 Å². The van der Waals surface area contributed by atoms with E-state index in [4.69, 9.17) is 14.7 Å². The molecule has 4 aromatic carbocycles. The molecule has 9 heteroatoms. The van der Waals surface area contributed by atoms with Crippen molar-refractivity contribution >= 4 is 51.5 Å². The van der Waals surface area contributed by atoms with Crippen LogP contribution in [0.3, 0.4) is 0 Å². The number of fused-ring (bicyclic) bond motifs is 8. The highest BCUT2D eigenvalue weighted by Crippen LogP contribution is 2.44. The summed E-state index contributed by atoms with van der Waals surface area (Å²) in [5, 5.41) is 13.6. The Morgan fingerprint density at radius 1 is 0.559 bits per heavy atom. The lowest BCUT2D eigenvalue weighted by molar-refractivity contribution is -0.374. The predicted octanol–water partition coefficient (Wildman–Crippen LogP) is 12.0. The van der Waals surface area contributed by atoms with Gasteiger partial charge in [0.15, 0.2) is 5.69 Å². The van der Waals surface area contributed by atoms with Gasteiger partial charge in [-0.1, -0.05) is 121 Å². The Morgan fingerprint density at radius 3 is 1.32 bits per heavy atom. The number of nitrogens with one attached hydrogen (secondary N) is 2. The second kappa shape index (κ2) is 15.0. The molecule has 0 atom stereocenters. The zero-order valence-electron chi connectivity index (χ0n) is 32.7. The highest BCUT2D eigenvalue weighted by molar-refractivity contribution is 6.06. The zero-order chi connectivity index (χ0) is 40.7. The molecule has 3 aromatic heterocycles. The van der Waals surface area contributed by atoms with Gasteiger partial charge in [0.05, 0.1) is 34.0 Å². The van der Waals surface area contributed by atoms with Crippen molar-refractivity contribution in [2.75, 3.05) is 0 Å². The topological polar surface area (TPSA) is 127 Å². The maximum absolute atomic E-state index is 13.8. The molecule has 0 saturated heterocycles. The largest absolute Gasteiger partial charge is 0.460 e. The number of hydrogen-bond donors (Lipinski definition) is 2. The first-order valence-electron chi connectivity index (χ1n) is 19.4. The van der Waals surface area contributed by atoms with E-state index in [2.05, 4.69) is 22.1 Å². The first kappa shape index (κ1) is 37.0. The van der Waals surface area contributed by atoms with Gasteiger partial charge in [0, 0.05) is 44.3 Å². The third-order valence-electron chi connectivity index (χ3n) is 10.3. The van der Waals surface area contributed by atoms with E-state index in [1.807, 2.05) is 146 Å². The van der Waals surface area contributed by atoms with E-state index < -0.39 is 16.5 Å². The monoisotopic (exact) mass is 773 g/mol. The molecule has 0 amide bonds. The molecule has 2 N–H and O–H groups in total.